The molecule has 0 saturated carbocycles. The van der Waals surface area contributed by atoms with E-state index in [0.717, 1.165) is 16.7 Å². The summed E-state index contributed by atoms with van der Waals surface area (Å²) < 4.78 is 26.0. The van der Waals surface area contributed by atoms with Crippen LogP contribution in [0.15, 0.2) is 59.5 Å². The molecule has 0 spiro atoms. The van der Waals surface area contributed by atoms with Crippen molar-refractivity contribution in [2.75, 3.05) is 0 Å². The largest absolute Gasteiger partial charge is 0.323 e. The second-order valence-corrected chi connectivity index (χ2v) is 17.8. The molecular weight excluding hydrogens is 536 g/mol. The van der Waals surface area contributed by atoms with Crippen LogP contribution in [0.2, 0.25) is 0 Å². The molecule has 0 radical (unpaired) electrons. The summed E-state index contributed by atoms with van der Waals surface area (Å²) in [6, 6.07) is 18.3. The fraction of sp³-hybridized carbons (Fsp3) is 0.514. The lowest BCUT2D eigenvalue weighted by molar-refractivity contribution is 0.550. The second kappa shape index (κ2) is 11.2. The smallest absolute Gasteiger partial charge is 0.238 e. The van der Waals surface area contributed by atoms with Gasteiger partial charge in [0.25, 0.3) is 0 Å². The molecule has 4 nitrogen and oxygen atoms in total. The van der Waals surface area contributed by atoms with Crippen molar-refractivity contribution < 1.29 is 8.42 Å². The zero-order chi connectivity index (χ0) is 32.2. The second-order valence-electron chi connectivity index (χ2n) is 16.3. The lowest BCUT2D eigenvalue weighted by Gasteiger charge is -2.33. The Kier molecular flexibility index (Phi) is 9.09. The van der Waals surface area contributed by atoms with Crippen LogP contribution in [0, 0.1) is 6.92 Å². The molecule has 3 rings (SSSR count). The Hall–Kier alpha value is -2.47. The Morgan fingerprint density at radius 3 is 1.26 bits per heavy atom. The summed E-state index contributed by atoms with van der Waals surface area (Å²) >= 11 is 0. The maximum Gasteiger partial charge on any atom is 0.238 e. The van der Waals surface area contributed by atoms with Crippen molar-refractivity contribution in [3.8, 4) is 0 Å². The van der Waals surface area contributed by atoms with Gasteiger partial charge >= 0.3 is 0 Å². The molecular formula is C37H54N2O2S. The summed E-state index contributed by atoms with van der Waals surface area (Å²) in [5, 5.41) is 5.85. The first-order valence-corrected chi connectivity index (χ1v) is 16.6. The molecule has 230 valence electrons. The van der Waals surface area contributed by atoms with Crippen LogP contribution in [-0.4, -0.2) is 8.42 Å². The Labute approximate surface area is 256 Å². The fourth-order valence-electron chi connectivity index (χ4n) is 5.35. The third-order valence-electron chi connectivity index (χ3n) is 8.28. The molecule has 0 bridgehead atoms. The minimum absolute atomic E-state index is 0.0914. The summed E-state index contributed by atoms with van der Waals surface area (Å²) in [7, 11) is -4.01. The van der Waals surface area contributed by atoms with E-state index in [1.807, 2.05) is 13.0 Å². The van der Waals surface area contributed by atoms with Gasteiger partial charge in [0.15, 0.2) is 0 Å². The lowest BCUT2D eigenvalue weighted by atomic mass is 9.73. The van der Waals surface area contributed by atoms with E-state index >= 15 is 0 Å². The Morgan fingerprint density at radius 1 is 0.571 bits per heavy atom. The molecule has 0 aliphatic carbocycles. The summed E-state index contributed by atoms with van der Waals surface area (Å²) in [5.41, 5.74) is 15.3. The van der Waals surface area contributed by atoms with Crippen LogP contribution < -0.4 is 10.9 Å². The summed E-state index contributed by atoms with van der Waals surface area (Å²) in [5.74, 6) is -0.454. The van der Waals surface area contributed by atoms with Gasteiger partial charge in [-0.3, -0.25) is 0 Å². The monoisotopic (exact) mass is 590 g/mol. The van der Waals surface area contributed by atoms with Crippen molar-refractivity contribution >= 4 is 10.0 Å². The van der Waals surface area contributed by atoms with E-state index in [0.29, 0.717) is 5.56 Å². The van der Waals surface area contributed by atoms with Gasteiger partial charge in [-0.15, -0.1) is 0 Å². The standard InChI is InChI=1S/C37H54N2O2S/c1-23-14-15-31(42(39,40)41)30(16-23)32(24-17-26(34(2,3)4)21-27(18-24)35(5,6)7)33(38)25-19-28(36(8,9)10)22-29(20-25)37(11,12)13/h14-22,32-33H,38H2,1-13H3,(H2,39,40,41)/t32-,33+/m0/s1. The molecule has 42 heavy (non-hydrogen) atoms. The summed E-state index contributed by atoms with van der Waals surface area (Å²) in [6.45, 7) is 28.5. The molecule has 0 saturated heterocycles. The van der Waals surface area contributed by atoms with E-state index in [4.69, 9.17) is 10.9 Å². The van der Waals surface area contributed by atoms with Gasteiger partial charge in [-0.25, -0.2) is 13.6 Å². The Morgan fingerprint density at radius 2 is 0.929 bits per heavy atom. The molecule has 0 fully saturated rings. The Balaban J connectivity index is 2.51. The normalized spacial score (nSPS) is 15.0. The van der Waals surface area contributed by atoms with Crippen LogP contribution in [-0.2, 0) is 31.7 Å². The van der Waals surface area contributed by atoms with E-state index in [9.17, 15) is 8.42 Å². The van der Waals surface area contributed by atoms with Crippen LogP contribution >= 0.6 is 0 Å². The molecule has 3 aromatic rings. The fourth-order valence-corrected chi connectivity index (χ4v) is 6.12. The summed E-state index contributed by atoms with van der Waals surface area (Å²) in [6.07, 6.45) is 0. The van der Waals surface area contributed by atoms with E-state index in [-0.39, 0.29) is 26.6 Å². The zero-order valence-corrected chi connectivity index (χ0v) is 29.0. The SMILES string of the molecule is Cc1ccc(S(N)(=O)=O)c([C@H](c2cc(C(C)(C)C)cc(C(C)(C)C)c2)[C@H](N)c2cc(C(C)(C)C)cc(C(C)(C)C)c2)c1. The van der Waals surface area contributed by atoms with Gasteiger partial charge in [-0.2, -0.15) is 0 Å². The van der Waals surface area contributed by atoms with Crippen LogP contribution in [0.5, 0.6) is 0 Å². The third-order valence-corrected chi connectivity index (χ3v) is 9.27. The van der Waals surface area contributed by atoms with E-state index in [1.165, 1.54) is 22.3 Å². The van der Waals surface area contributed by atoms with Gasteiger partial charge in [-0.05, 0) is 73.6 Å². The van der Waals surface area contributed by atoms with Crippen molar-refractivity contribution in [1.29, 1.82) is 0 Å². The van der Waals surface area contributed by atoms with Gasteiger partial charge in [0, 0.05) is 12.0 Å². The van der Waals surface area contributed by atoms with Crippen molar-refractivity contribution in [2.24, 2.45) is 10.9 Å². The lowest BCUT2D eigenvalue weighted by Crippen LogP contribution is -2.27. The molecule has 0 amide bonds. The highest BCUT2D eigenvalue weighted by molar-refractivity contribution is 7.89. The number of hydrogen-bond donors (Lipinski definition) is 2. The maximum atomic E-state index is 13.0. The predicted octanol–water partition coefficient (Wildman–Crippen LogP) is 8.66. The van der Waals surface area contributed by atoms with Crippen molar-refractivity contribution in [3.63, 3.8) is 0 Å². The predicted molar refractivity (Wildman–Crippen MR) is 179 cm³/mol. The van der Waals surface area contributed by atoms with E-state index < -0.39 is 22.0 Å². The zero-order valence-electron chi connectivity index (χ0n) is 28.2. The van der Waals surface area contributed by atoms with Gasteiger partial charge < -0.3 is 5.73 Å². The van der Waals surface area contributed by atoms with Gasteiger partial charge in [-0.1, -0.05) is 137 Å². The molecule has 2 atom stereocenters. The quantitative estimate of drug-likeness (QED) is 0.312. The number of nitrogens with two attached hydrogens (primary N) is 2. The number of sulfonamides is 1. The minimum Gasteiger partial charge on any atom is -0.323 e. The van der Waals surface area contributed by atoms with Gasteiger partial charge in [0.05, 0.1) is 4.90 Å². The molecule has 4 N–H and O–H groups in total. The minimum atomic E-state index is -4.01. The highest BCUT2D eigenvalue weighted by atomic mass is 32.2. The average molecular weight is 591 g/mol. The number of aryl methyl sites for hydroxylation is 1. The summed E-state index contributed by atoms with van der Waals surface area (Å²) in [4.78, 5) is 0.120. The number of hydrogen-bond acceptors (Lipinski definition) is 3. The van der Waals surface area contributed by atoms with Crippen molar-refractivity contribution in [1.82, 2.24) is 0 Å². The van der Waals surface area contributed by atoms with Gasteiger partial charge in [0.1, 0.15) is 0 Å². The first-order valence-electron chi connectivity index (χ1n) is 15.0. The molecule has 0 aliphatic rings. The van der Waals surface area contributed by atoms with Crippen LogP contribution in [0.3, 0.4) is 0 Å². The molecule has 3 aromatic carbocycles. The first-order chi connectivity index (χ1) is 18.8. The third kappa shape index (κ3) is 7.72. The van der Waals surface area contributed by atoms with Crippen LogP contribution in [0.1, 0.15) is 140 Å². The first kappa shape index (κ1) is 34.0. The average Bonchev–Trinajstić information content (AvgIpc) is 2.81. The Bertz CT molecular complexity index is 1490. The van der Waals surface area contributed by atoms with E-state index in [2.05, 4.69) is 119 Å². The number of primary sulfonamides is 1. The highest BCUT2D eigenvalue weighted by Crippen LogP contribution is 2.43. The topological polar surface area (TPSA) is 86.2 Å². The highest BCUT2D eigenvalue weighted by Gasteiger charge is 2.33. The molecule has 5 heteroatoms. The number of benzene rings is 3. The van der Waals surface area contributed by atoms with Gasteiger partial charge in [0.2, 0.25) is 10.0 Å². The molecule has 0 aromatic heterocycles. The number of rotatable bonds is 5. The maximum absolute atomic E-state index is 13.0. The molecule has 0 aliphatic heterocycles. The molecule has 0 heterocycles. The van der Waals surface area contributed by atoms with Crippen molar-refractivity contribution in [2.45, 2.75) is 129 Å². The molecule has 0 unspecified atom stereocenters. The van der Waals surface area contributed by atoms with Crippen LogP contribution in [0.4, 0.5) is 0 Å². The van der Waals surface area contributed by atoms with Crippen molar-refractivity contribution in [3.05, 3.63) is 99.1 Å². The van der Waals surface area contributed by atoms with Crippen LogP contribution in [0.25, 0.3) is 0 Å². The van der Waals surface area contributed by atoms with E-state index in [1.54, 1.807) is 12.1 Å².